The Bertz CT molecular complexity index is 1250. The number of nitrogens with zero attached hydrogens (tertiary/aromatic N) is 2. The maximum absolute atomic E-state index is 9.28. The van der Waals surface area contributed by atoms with Crippen LogP contribution in [0, 0.1) is 22.7 Å². The van der Waals surface area contributed by atoms with Gasteiger partial charge in [-0.3, -0.25) is 0 Å². The Morgan fingerprint density at radius 2 is 0.906 bits per heavy atom. The summed E-state index contributed by atoms with van der Waals surface area (Å²) < 4.78 is 11.6. The van der Waals surface area contributed by atoms with Crippen molar-refractivity contribution in [3.63, 3.8) is 0 Å². The quantitative estimate of drug-likeness (QED) is 0.305. The molecule has 4 aromatic carbocycles. The molecule has 0 unspecified atom stereocenters. The summed E-state index contributed by atoms with van der Waals surface area (Å²) in [6, 6.07) is 29.3. The van der Waals surface area contributed by atoms with E-state index in [1.165, 1.54) is 0 Å². The van der Waals surface area contributed by atoms with Gasteiger partial charge in [-0.1, -0.05) is 59.6 Å². The lowest BCUT2D eigenvalue weighted by atomic mass is 10.1. The average molecular weight is 457 g/mol. The van der Waals surface area contributed by atoms with E-state index in [0.717, 1.165) is 11.1 Å². The zero-order valence-corrected chi connectivity index (χ0v) is 18.1. The molecule has 0 saturated heterocycles. The third kappa shape index (κ3) is 4.53. The average Bonchev–Trinajstić information content (AvgIpc) is 2.81. The summed E-state index contributed by atoms with van der Waals surface area (Å²) in [5.74, 6) is 2.01. The van der Waals surface area contributed by atoms with Crippen molar-refractivity contribution in [2.45, 2.75) is 0 Å². The van der Waals surface area contributed by atoms with Gasteiger partial charge in [0.25, 0.3) is 0 Å². The van der Waals surface area contributed by atoms with Crippen molar-refractivity contribution in [3.05, 3.63) is 106 Å². The van der Waals surface area contributed by atoms with Gasteiger partial charge in [0, 0.05) is 0 Å². The Morgan fingerprint density at radius 3 is 1.25 bits per heavy atom. The molecular formula is C26H14Cl2N2O2. The highest BCUT2D eigenvalue weighted by Gasteiger charge is 2.10. The molecule has 6 heteroatoms. The molecule has 32 heavy (non-hydrogen) atoms. The second-order valence-electron chi connectivity index (χ2n) is 6.70. The van der Waals surface area contributed by atoms with Crippen LogP contribution in [0.2, 0.25) is 10.0 Å². The second-order valence-corrected chi connectivity index (χ2v) is 7.52. The van der Waals surface area contributed by atoms with Crippen LogP contribution in [0.3, 0.4) is 0 Å². The van der Waals surface area contributed by atoms with Crippen LogP contribution in [0.5, 0.6) is 23.0 Å². The molecule has 4 rings (SSSR count). The fourth-order valence-electron chi connectivity index (χ4n) is 3.08. The standard InChI is InChI=1S/C26H14Cl2N2O2/c27-23-3-1-5-25(21(23)15-29)31-19-11-7-17(8-12-19)18-9-13-20(14-10-18)32-26-6-2-4-24(28)22(26)16-30/h1-14H. The Hall–Kier alpha value is -3.96. The first-order chi connectivity index (χ1) is 15.6. The molecule has 0 amide bonds. The van der Waals surface area contributed by atoms with Crippen molar-refractivity contribution < 1.29 is 9.47 Å². The molecule has 0 bridgehead atoms. The minimum Gasteiger partial charge on any atom is -0.456 e. The first kappa shape index (κ1) is 21.3. The molecule has 0 fully saturated rings. The Morgan fingerprint density at radius 1 is 0.531 bits per heavy atom. The smallest absolute Gasteiger partial charge is 0.146 e. The molecule has 0 aliphatic carbocycles. The highest BCUT2D eigenvalue weighted by Crippen LogP contribution is 2.33. The molecule has 154 valence electrons. The summed E-state index contributed by atoms with van der Waals surface area (Å²) in [7, 11) is 0. The van der Waals surface area contributed by atoms with E-state index in [1.54, 1.807) is 36.4 Å². The summed E-state index contributed by atoms with van der Waals surface area (Å²) in [6.07, 6.45) is 0. The minimum absolute atomic E-state index is 0.299. The van der Waals surface area contributed by atoms with Crippen LogP contribution in [-0.2, 0) is 0 Å². The van der Waals surface area contributed by atoms with Crippen LogP contribution >= 0.6 is 23.2 Å². The minimum atomic E-state index is 0.299. The normalized spacial score (nSPS) is 10.1. The zero-order valence-electron chi connectivity index (χ0n) is 16.5. The number of rotatable bonds is 5. The largest absolute Gasteiger partial charge is 0.456 e. The van der Waals surface area contributed by atoms with Crippen molar-refractivity contribution >= 4 is 23.2 Å². The molecule has 0 aliphatic rings. The van der Waals surface area contributed by atoms with Gasteiger partial charge < -0.3 is 9.47 Å². The number of hydrogen-bond acceptors (Lipinski definition) is 4. The predicted octanol–water partition coefficient (Wildman–Crippen LogP) is 7.99. The van der Waals surface area contributed by atoms with Gasteiger partial charge in [-0.05, 0) is 59.7 Å². The number of hydrogen-bond donors (Lipinski definition) is 0. The fraction of sp³-hybridized carbons (Fsp3) is 0. The van der Waals surface area contributed by atoms with Crippen molar-refractivity contribution in [1.29, 1.82) is 10.5 Å². The van der Waals surface area contributed by atoms with Gasteiger partial charge in [-0.15, -0.1) is 0 Å². The Balaban J connectivity index is 1.50. The lowest BCUT2D eigenvalue weighted by Crippen LogP contribution is -1.90. The highest BCUT2D eigenvalue weighted by molar-refractivity contribution is 6.32. The van der Waals surface area contributed by atoms with Crippen LogP contribution in [0.15, 0.2) is 84.9 Å². The van der Waals surface area contributed by atoms with Gasteiger partial charge in [0.05, 0.1) is 10.0 Å². The molecule has 4 aromatic rings. The van der Waals surface area contributed by atoms with Crippen LogP contribution in [0.25, 0.3) is 11.1 Å². The number of halogens is 2. The van der Waals surface area contributed by atoms with E-state index >= 15 is 0 Å². The first-order valence-corrected chi connectivity index (χ1v) is 10.3. The maximum Gasteiger partial charge on any atom is 0.146 e. The monoisotopic (exact) mass is 456 g/mol. The lowest BCUT2D eigenvalue weighted by Gasteiger charge is -2.10. The highest BCUT2D eigenvalue weighted by atomic mass is 35.5. The number of nitriles is 2. The van der Waals surface area contributed by atoms with Crippen LogP contribution < -0.4 is 9.47 Å². The van der Waals surface area contributed by atoms with Crippen LogP contribution in [-0.4, -0.2) is 0 Å². The zero-order chi connectivity index (χ0) is 22.5. The van der Waals surface area contributed by atoms with Crippen molar-refractivity contribution in [2.75, 3.05) is 0 Å². The van der Waals surface area contributed by atoms with Gasteiger partial charge in [0.1, 0.15) is 46.3 Å². The van der Waals surface area contributed by atoms with Crippen molar-refractivity contribution in [2.24, 2.45) is 0 Å². The van der Waals surface area contributed by atoms with E-state index in [4.69, 9.17) is 32.7 Å². The summed E-state index contributed by atoms with van der Waals surface area (Å²) >= 11 is 12.1. The molecule has 0 N–H and O–H groups in total. The van der Waals surface area contributed by atoms with E-state index in [1.807, 2.05) is 48.5 Å². The van der Waals surface area contributed by atoms with Crippen LogP contribution in [0.4, 0.5) is 0 Å². The first-order valence-electron chi connectivity index (χ1n) is 9.52. The van der Waals surface area contributed by atoms with Gasteiger partial charge in [-0.2, -0.15) is 10.5 Å². The Kier molecular flexibility index (Phi) is 6.29. The topological polar surface area (TPSA) is 66.0 Å². The second kappa shape index (κ2) is 9.45. The number of benzene rings is 4. The fourth-order valence-corrected chi connectivity index (χ4v) is 3.50. The van der Waals surface area contributed by atoms with E-state index < -0.39 is 0 Å². The van der Waals surface area contributed by atoms with E-state index in [0.29, 0.717) is 44.2 Å². The van der Waals surface area contributed by atoms with Gasteiger partial charge in [0.15, 0.2) is 0 Å². The molecule has 0 radical (unpaired) electrons. The predicted molar refractivity (Wildman–Crippen MR) is 124 cm³/mol. The van der Waals surface area contributed by atoms with E-state index in [-0.39, 0.29) is 0 Å². The number of ether oxygens (including phenoxy) is 2. The molecule has 0 saturated carbocycles. The SMILES string of the molecule is N#Cc1c(Cl)cccc1Oc1ccc(-c2ccc(Oc3cccc(Cl)c3C#N)cc2)cc1. The molecular weight excluding hydrogens is 443 g/mol. The maximum atomic E-state index is 9.28. The Labute approximate surface area is 195 Å². The third-order valence-corrected chi connectivity index (χ3v) is 5.30. The molecule has 4 nitrogen and oxygen atoms in total. The third-order valence-electron chi connectivity index (χ3n) is 4.67. The van der Waals surface area contributed by atoms with Crippen molar-refractivity contribution in [3.8, 4) is 46.3 Å². The van der Waals surface area contributed by atoms with Crippen molar-refractivity contribution in [1.82, 2.24) is 0 Å². The summed E-state index contributed by atoms with van der Waals surface area (Å²) in [5, 5.41) is 19.3. The van der Waals surface area contributed by atoms with Gasteiger partial charge >= 0.3 is 0 Å². The summed E-state index contributed by atoms with van der Waals surface area (Å²) in [6.45, 7) is 0. The molecule has 0 aliphatic heterocycles. The molecule has 0 spiro atoms. The lowest BCUT2D eigenvalue weighted by molar-refractivity contribution is 0.480. The summed E-state index contributed by atoms with van der Waals surface area (Å²) in [4.78, 5) is 0. The molecule has 0 aromatic heterocycles. The molecule has 0 atom stereocenters. The van der Waals surface area contributed by atoms with Gasteiger partial charge in [0.2, 0.25) is 0 Å². The van der Waals surface area contributed by atoms with E-state index in [9.17, 15) is 10.5 Å². The summed E-state index contributed by atoms with van der Waals surface area (Å²) in [5.41, 5.74) is 2.56. The van der Waals surface area contributed by atoms with Gasteiger partial charge in [-0.25, -0.2) is 0 Å². The molecule has 0 heterocycles. The van der Waals surface area contributed by atoms with E-state index in [2.05, 4.69) is 12.1 Å². The van der Waals surface area contributed by atoms with Crippen LogP contribution in [0.1, 0.15) is 11.1 Å².